The van der Waals surface area contributed by atoms with Crippen LogP contribution in [0.1, 0.15) is 19.8 Å². The Morgan fingerprint density at radius 1 is 0.815 bits per heavy atom. The molecule has 1 atom stereocenters. The number of ether oxygens (including phenoxy) is 1. The second-order valence-corrected chi connectivity index (χ2v) is 13.3. The fourth-order valence-corrected chi connectivity index (χ4v) is 7.11. The Bertz CT molecular complexity index is 378. The van der Waals surface area contributed by atoms with Crippen LogP contribution in [0, 0.1) is 5.92 Å². The highest BCUT2D eigenvalue weighted by Gasteiger charge is 2.37. The normalized spacial score (nSPS) is 13.6. The van der Waals surface area contributed by atoms with E-state index in [9.17, 15) is 4.79 Å². The zero-order valence-electron chi connectivity index (χ0n) is 17.7. The Kier molecular flexibility index (Phi) is 14.9. The average Bonchev–Trinajstić information content (AvgIpc) is 2.71. The molecule has 0 radical (unpaired) electrons. The van der Waals surface area contributed by atoms with Crippen LogP contribution < -0.4 is 0 Å². The lowest BCUT2D eigenvalue weighted by Gasteiger charge is -2.24. The molecule has 0 fully saturated rings. The molecule has 0 aliphatic rings. The van der Waals surface area contributed by atoms with E-state index in [0.29, 0.717) is 24.8 Å². The summed E-state index contributed by atoms with van der Waals surface area (Å²) in [6, 6.07) is 1.36. The Balaban J connectivity index is 3.96. The summed E-state index contributed by atoms with van der Waals surface area (Å²) in [6.45, 7) is 2.22. The van der Waals surface area contributed by atoms with Crippen molar-refractivity contribution < 1.29 is 36.1 Å². The van der Waals surface area contributed by atoms with Crippen molar-refractivity contribution in [2.45, 2.75) is 31.9 Å². The average molecular weight is 445 g/mol. The third-order valence-electron chi connectivity index (χ3n) is 4.28. The van der Waals surface area contributed by atoms with Crippen LogP contribution in [0.25, 0.3) is 0 Å². The molecule has 0 aromatic rings. The molecule has 8 nitrogen and oxygen atoms in total. The largest absolute Gasteiger partial charge is 0.500 e. The van der Waals surface area contributed by atoms with Crippen molar-refractivity contribution in [1.29, 1.82) is 0 Å². The van der Waals surface area contributed by atoms with Gasteiger partial charge in [-0.1, -0.05) is 6.92 Å². The van der Waals surface area contributed by atoms with Gasteiger partial charge in [-0.15, -0.1) is 0 Å². The van der Waals surface area contributed by atoms with E-state index in [0.717, 1.165) is 18.2 Å². The van der Waals surface area contributed by atoms with Gasteiger partial charge in [0.05, 0.1) is 12.5 Å². The third kappa shape index (κ3) is 9.86. The van der Waals surface area contributed by atoms with Gasteiger partial charge in [-0.2, -0.15) is 11.8 Å². The van der Waals surface area contributed by atoms with E-state index in [1.165, 1.54) is 0 Å². The maximum absolute atomic E-state index is 12.1. The molecule has 0 saturated carbocycles. The molecule has 0 heterocycles. The standard InChI is InChI=1S/C16H36O8SSi2/c1-15(14-25-11-9-13-27(21-5,22-6)23-7)16(17)24-10-8-12-26(18-2,19-3)20-4/h15H,8-14H2,1-7H3. The number of esters is 1. The van der Waals surface area contributed by atoms with E-state index in [1.807, 2.05) is 6.92 Å². The Morgan fingerprint density at radius 3 is 1.70 bits per heavy atom. The van der Waals surface area contributed by atoms with Crippen LogP contribution >= 0.6 is 11.8 Å². The van der Waals surface area contributed by atoms with Crippen molar-refractivity contribution in [3.8, 4) is 0 Å². The second kappa shape index (κ2) is 14.9. The molecule has 0 saturated heterocycles. The van der Waals surface area contributed by atoms with Crippen LogP contribution in [0.3, 0.4) is 0 Å². The molecular formula is C16H36O8SSi2. The molecule has 11 heteroatoms. The zero-order chi connectivity index (χ0) is 20.8. The van der Waals surface area contributed by atoms with Crippen molar-refractivity contribution in [3.63, 3.8) is 0 Å². The molecular weight excluding hydrogens is 408 g/mol. The highest BCUT2D eigenvalue weighted by molar-refractivity contribution is 7.99. The Labute approximate surface area is 170 Å². The Morgan fingerprint density at radius 2 is 1.26 bits per heavy atom. The topological polar surface area (TPSA) is 81.7 Å². The molecule has 0 aliphatic heterocycles. The first-order chi connectivity index (χ1) is 12.9. The first-order valence-electron chi connectivity index (χ1n) is 8.93. The molecule has 0 aromatic carbocycles. The summed E-state index contributed by atoms with van der Waals surface area (Å²) in [5.74, 6) is 1.29. The lowest BCUT2D eigenvalue weighted by atomic mass is 10.2. The van der Waals surface area contributed by atoms with Crippen molar-refractivity contribution in [3.05, 3.63) is 0 Å². The van der Waals surface area contributed by atoms with Gasteiger partial charge in [0, 0.05) is 60.5 Å². The molecule has 0 aromatic heterocycles. The van der Waals surface area contributed by atoms with Gasteiger partial charge in [-0.05, 0) is 18.6 Å². The molecule has 0 bridgehead atoms. The molecule has 0 spiro atoms. The highest BCUT2D eigenvalue weighted by Crippen LogP contribution is 2.19. The van der Waals surface area contributed by atoms with Crippen LogP contribution in [0.2, 0.25) is 12.1 Å². The SMILES string of the molecule is CO[Si](CCCOC(=O)C(C)CSCCC[Si](OC)(OC)OC)(OC)OC. The second-order valence-electron chi connectivity index (χ2n) is 5.94. The maximum atomic E-state index is 12.1. The highest BCUT2D eigenvalue weighted by atomic mass is 32.2. The van der Waals surface area contributed by atoms with Crippen LogP contribution in [0.4, 0.5) is 0 Å². The monoisotopic (exact) mass is 444 g/mol. The van der Waals surface area contributed by atoms with Gasteiger partial charge in [0.25, 0.3) is 0 Å². The summed E-state index contributed by atoms with van der Waals surface area (Å²) >= 11 is 1.72. The van der Waals surface area contributed by atoms with Crippen molar-refractivity contribution >= 4 is 35.3 Å². The summed E-state index contributed by atoms with van der Waals surface area (Å²) in [5.41, 5.74) is 0. The first-order valence-corrected chi connectivity index (χ1v) is 13.9. The predicted octanol–water partition coefficient (Wildman–Crippen LogP) is 2.44. The molecule has 162 valence electrons. The summed E-state index contributed by atoms with van der Waals surface area (Å²) in [7, 11) is 4.47. The number of rotatable bonds is 17. The van der Waals surface area contributed by atoms with Gasteiger partial charge < -0.3 is 31.3 Å². The third-order valence-corrected chi connectivity index (χ3v) is 11.3. The number of hydrogen-bond donors (Lipinski definition) is 0. The van der Waals surface area contributed by atoms with Gasteiger partial charge in [-0.3, -0.25) is 4.79 Å². The summed E-state index contributed by atoms with van der Waals surface area (Å²) in [6.07, 6.45) is 1.55. The number of hydrogen-bond acceptors (Lipinski definition) is 9. The van der Waals surface area contributed by atoms with Crippen LogP contribution in [0.5, 0.6) is 0 Å². The molecule has 0 N–H and O–H groups in total. The fraction of sp³-hybridized carbons (Fsp3) is 0.938. The fourth-order valence-electron chi connectivity index (χ4n) is 2.43. The first kappa shape index (κ1) is 27.0. The van der Waals surface area contributed by atoms with E-state index in [1.54, 1.807) is 54.4 Å². The maximum Gasteiger partial charge on any atom is 0.500 e. The van der Waals surface area contributed by atoms with E-state index in [4.69, 9.17) is 31.3 Å². The van der Waals surface area contributed by atoms with E-state index >= 15 is 0 Å². The molecule has 0 rings (SSSR count). The van der Waals surface area contributed by atoms with Crippen LogP contribution in [-0.2, 0) is 36.1 Å². The number of carbonyl (C=O) groups excluding carboxylic acids is 1. The van der Waals surface area contributed by atoms with E-state index in [2.05, 4.69) is 0 Å². The predicted molar refractivity (Wildman–Crippen MR) is 110 cm³/mol. The number of carbonyl (C=O) groups is 1. The quantitative estimate of drug-likeness (QED) is 0.191. The lowest BCUT2D eigenvalue weighted by Crippen LogP contribution is -2.42. The van der Waals surface area contributed by atoms with Crippen LogP contribution in [0.15, 0.2) is 0 Å². The number of thioether (sulfide) groups is 1. The smallest absolute Gasteiger partial charge is 0.465 e. The van der Waals surface area contributed by atoms with E-state index < -0.39 is 17.6 Å². The lowest BCUT2D eigenvalue weighted by molar-refractivity contribution is -0.147. The molecule has 0 amide bonds. The Hall–Kier alpha value is 0.0138. The van der Waals surface area contributed by atoms with Gasteiger partial charge in [-0.25, -0.2) is 0 Å². The minimum Gasteiger partial charge on any atom is -0.465 e. The summed E-state index contributed by atoms with van der Waals surface area (Å²) in [5, 5.41) is 0. The van der Waals surface area contributed by atoms with Crippen LogP contribution in [-0.4, -0.2) is 84.3 Å². The molecule has 27 heavy (non-hydrogen) atoms. The van der Waals surface area contributed by atoms with Gasteiger partial charge in [0.1, 0.15) is 0 Å². The minimum atomic E-state index is -2.59. The molecule has 0 aliphatic carbocycles. The van der Waals surface area contributed by atoms with Crippen molar-refractivity contribution in [2.75, 3.05) is 60.8 Å². The van der Waals surface area contributed by atoms with Gasteiger partial charge >= 0.3 is 23.6 Å². The van der Waals surface area contributed by atoms with E-state index in [-0.39, 0.29) is 11.9 Å². The summed E-state index contributed by atoms with van der Waals surface area (Å²) in [4.78, 5) is 12.1. The summed E-state index contributed by atoms with van der Waals surface area (Å²) < 4.78 is 37.5. The van der Waals surface area contributed by atoms with Crippen molar-refractivity contribution in [2.24, 2.45) is 5.92 Å². The van der Waals surface area contributed by atoms with Crippen molar-refractivity contribution in [1.82, 2.24) is 0 Å². The molecule has 1 unspecified atom stereocenters. The van der Waals surface area contributed by atoms with Gasteiger partial charge in [0.15, 0.2) is 0 Å². The van der Waals surface area contributed by atoms with Gasteiger partial charge in [0.2, 0.25) is 0 Å². The zero-order valence-corrected chi connectivity index (χ0v) is 20.5. The minimum absolute atomic E-state index is 0.154.